The molecule has 2 nitrogen and oxygen atoms in total. The Kier molecular flexibility index (Phi) is 3.53. The van der Waals surface area contributed by atoms with E-state index in [1.807, 2.05) is 13.8 Å². The molecule has 2 heteroatoms. The minimum absolute atomic E-state index is 0.507. The van der Waals surface area contributed by atoms with E-state index in [9.17, 15) is 5.11 Å². The van der Waals surface area contributed by atoms with Gasteiger partial charge in [-0.3, -0.25) is 0 Å². The van der Waals surface area contributed by atoms with Crippen molar-refractivity contribution in [2.24, 2.45) is 5.92 Å². The van der Waals surface area contributed by atoms with Crippen LogP contribution in [0.2, 0.25) is 0 Å². The highest BCUT2D eigenvalue weighted by atomic mass is 16.3. The molecule has 2 N–H and O–H groups in total. The number of aliphatic hydroxyl groups is 1. The Hall–Kier alpha value is -0.0800. The van der Waals surface area contributed by atoms with Crippen LogP contribution in [0.3, 0.4) is 0 Å². The van der Waals surface area contributed by atoms with Crippen LogP contribution in [0, 0.1) is 5.92 Å². The highest BCUT2D eigenvalue weighted by Gasteiger charge is 2.17. The third-order valence-corrected chi connectivity index (χ3v) is 2.57. The molecule has 0 aromatic heterocycles. The highest BCUT2D eigenvalue weighted by molar-refractivity contribution is 4.73. The summed E-state index contributed by atoms with van der Waals surface area (Å²) in [4.78, 5) is 0. The predicted molar refractivity (Wildman–Crippen MR) is 51.1 cm³/mol. The molecule has 1 aliphatic carbocycles. The monoisotopic (exact) mass is 171 g/mol. The van der Waals surface area contributed by atoms with Gasteiger partial charge in [-0.2, -0.15) is 0 Å². The van der Waals surface area contributed by atoms with Gasteiger partial charge in [0.25, 0.3) is 0 Å². The SMILES string of the molecule is CC(C)(O)CCNCC1CCC1. The molecule has 0 aliphatic heterocycles. The lowest BCUT2D eigenvalue weighted by Gasteiger charge is -2.26. The van der Waals surface area contributed by atoms with E-state index in [1.165, 1.54) is 19.3 Å². The van der Waals surface area contributed by atoms with E-state index < -0.39 is 5.60 Å². The van der Waals surface area contributed by atoms with Crippen LogP contribution in [0.25, 0.3) is 0 Å². The fraction of sp³-hybridized carbons (Fsp3) is 1.00. The van der Waals surface area contributed by atoms with Crippen LogP contribution in [0.1, 0.15) is 39.5 Å². The first kappa shape index (κ1) is 10.0. The molecule has 1 aliphatic rings. The maximum atomic E-state index is 9.41. The van der Waals surface area contributed by atoms with Crippen LogP contribution < -0.4 is 5.32 Å². The first-order valence-corrected chi connectivity index (χ1v) is 5.01. The van der Waals surface area contributed by atoms with Crippen molar-refractivity contribution in [3.8, 4) is 0 Å². The Morgan fingerprint density at radius 1 is 1.42 bits per heavy atom. The van der Waals surface area contributed by atoms with E-state index in [4.69, 9.17) is 0 Å². The van der Waals surface area contributed by atoms with Gasteiger partial charge in [0, 0.05) is 0 Å². The van der Waals surface area contributed by atoms with E-state index in [2.05, 4.69) is 5.32 Å². The lowest BCUT2D eigenvalue weighted by Crippen LogP contribution is -2.31. The summed E-state index contributed by atoms with van der Waals surface area (Å²) in [6.45, 7) is 5.81. The van der Waals surface area contributed by atoms with E-state index >= 15 is 0 Å². The van der Waals surface area contributed by atoms with E-state index in [1.54, 1.807) is 0 Å². The molecule has 0 saturated heterocycles. The Morgan fingerprint density at radius 3 is 2.50 bits per heavy atom. The van der Waals surface area contributed by atoms with Crippen molar-refractivity contribution >= 4 is 0 Å². The molecule has 1 fully saturated rings. The molecule has 0 unspecified atom stereocenters. The molecule has 0 radical (unpaired) electrons. The average molecular weight is 171 g/mol. The average Bonchev–Trinajstić information content (AvgIpc) is 1.80. The van der Waals surface area contributed by atoms with Gasteiger partial charge in [0.2, 0.25) is 0 Å². The van der Waals surface area contributed by atoms with Crippen molar-refractivity contribution in [2.45, 2.75) is 45.1 Å². The maximum absolute atomic E-state index is 9.41. The molecule has 0 aromatic carbocycles. The fourth-order valence-electron chi connectivity index (χ4n) is 1.40. The van der Waals surface area contributed by atoms with Gasteiger partial charge >= 0.3 is 0 Å². The summed E-state index contributed by atoms with van der Waals surface area (Å²) in [7, 11) is 0. The molecule has 0 atom stereocenters. The minimum Gasteiger partial charge on any atom is -0.390 e. The van der Waals surface area contributed by atoms with Gasteiger partial charge in [-0.1, -0.05) is 6.42 Å². The first-order valence-electron chi connectivity index (χ1n) is 5.01. The van der Waals surface area contributed by atoms with Crippen molar-refractivity contribution < 1.29 is 5.11 Å². The molecule has 0 aromatic rings. The Morgan fingerprint density at radius 2 is 2.08 bits per heavy atom. The van der Waals surface area contributed by atoms with Crippen LogP contribution in [-0.4, -0.2) is 23.8 Å². The van der Waals surface area contributed by atoms with Gasteiger partial charge in [0.05, 0.1) is 5.60 Å². The normalized spacial score (nSPS) is 19.2. The zero-order valence-corrected chi connectivity index (χ0v) is 8.27. The van der Waals surface area contributed by atoms with Gasteiger partial charge < -0.3 is 10.4 Å². The zero-order valence-electron chi connectivity index (χ0n) is 8.27. The number of nitrogens with one attached hydrogen (secondary N) is 1. The Bertz CT molecular complexity index is 124. The van der Waals surface area contributed by atoms with Gasteiger partial charge in [-0.25, -0.2) is 0 Å². The van der Waals surface area contributed by atoms with Crippen molar-refractivity contribution in [1.82, 2.24) is 5.32 Å². The zero-order chi connectivity index (χ0) is 9.03. The quantitative estimate of drug-likeness (QED) is 0.615. The lowest BCUT2D eigenvalue weighted by atomic mass is 9.85. The topological polar surface area (TPSA) is 32.3 Å². The van der Waals surface area contributed by atoms with Gasteiger partial charge in [-0.15, -0.1) is 0 Å². The summed E-state index contributed by atoms with van der Waals surface area (Å²) in [5, 5.41) is 12.8. The summed E-state index contributed by atoms with van der Waals surface area (Å²) >= 11 is 0. The van der Waals surface area contributed by atoms with Crippen molar-refractivity contribution in [3.63, 3.8) is 0 Å². The Balaban J connectivity index is 1.88. The van der Waals surface area contributed by atoms with E-state index in [0.717, 1.165) is 25.4 Å². The molecule has 72 valence electrons. The Labute approximate surface area is 75.4 Å². The summed E-state index contributed by atoms with van der Waals surface area (Å²) < 4.78 is 0. The molecule has 1 rings (SSSR count). The van der Waals surface area contributed by atoms with E-state index in [-0.39, 0.29) is 0 Å². The van der Waals surface area contributed by atoms with Crippen LogP contribution in [-0.2, 0) is 0 Å². The summed E-state index contributed by atoms with van der Waals surface area (Å²) in [6, 6.07) is 0. The molecule has 0 bridgehead atoms. The smallest absolute Gasteiger partial charge is 0.0603 e. The first-order chi connectivity index (χ1) is 5.58. The molecular weight excluding hydrogens is 150 g/mol. The van der Waals surface area contributed by atoms with Gasteiger partial charge in [0.15, 0.2) is 0 Å². The molecular formula is C10H21NO. The van der Waals surface area contributed by atoms with Gasteiger partial charge in [0.1, 0.15) is 0 Å². The molecule has 1 saturated carbocycles. The lowest BCUT2D eigenvalue weighted by molar-refractivity contribution is 0.0705. The third-order valence-electron chi connectivity index (χ3n) is 2.57. The van der Waals surface area contributed by atoms with Crippen molar-refractivity contribution in [1.29, 1.82) is 0 Å². The summed E-state index contributed by atoms with van der Waals surface area (Å²) in [6.07, 6.45) is 5.06. The minimum atomic E-state index is -0.507. The number of rotatable bonds is 5. The molecule has 0 heterocycles. The van der Waals surface area contributed by atoms with Crippen LogP contribution in [0.4, 0.5) is 0 Å². The largest absolute Gasteiger partial charge is 0.390 e. The second-order valence-corrected chi connectivity index (χ2v) is 4.56. The molecule has 0 amide bonds. The number of hydrogen-bond donors (Lipinski definition) is 2. The highest BCUT2D eigenvalue weighted by Crippen LogP contribution is 2.25. The van der Waals surface area contributed by atoms with Crippen molar-refractivity contribution in [2.75, 3.05) is 13.1 Å². The van der Waals surface area contributed by atoms with Crippen molar-refractivity contribution in [3.05, 3.63) is 0 Å². The third kappa shape index (κ3) is 4.07. The summed E-state index contributed by atoms with van der Waals surface area (Å²) in [5.74, 6) is 0.923. The maximum Gasteiger partial charge on any atom is 0.0603 e. The van der Waals surface area contributed by atoms with E-state index in [0.29, 0.717) is 0 Å². The number of hydrogen-bond acceptors (Lipinski definition) is 2. The van der Waals surface area contributed by atoms with Gasteiger partial charge in [-0.05, 0) is 52.1 Å². The van der Waals surface area contributed by atoms with Crippen LogP contribution in [0.5, 0.6) is 0 Å². The fourth-order valence-corrected chi connectivity index (χ4v) is 1.40. The predicted octanol–water partition coefficient (Wildman–Crippen LogP) is 1.54. The van der Waals surface area contributed by atoms with Crippen LogP contribution >= 0.6 is 0 Å². The summed E-state index contributed by atoms with van der Waals surface area (Å²) in [5.41, 5.74) is -0.507. The molecule has 12 heavy (non-hydrogen) atoms. The standard InChI is InChI=1S/C10H21NO/c1-10(2,12)6-7-11-8-9-4-3-5-9/h9,11-12H,3-8H2,1-2H3. The second kappa shape index (κ2) is 4.24. The molecule has 0 spiro atoms. The van der Waals surface area contributed by atoms with Crippen LogP contribution in [0.15, 0.2) is 0 Å². The second-order valence-electron chi connectivity index (χ2n) is 4.56.